The van der Waals surface area contributed by atoms with E-state index in [9.17, 15) is 8.42 Å². The highest BCUT2D eigenvalue weighted by atomic mass is 35.9. The first kappa shape index (κ1) is 15.8. The van der Waals surface area contributed by atoms with E-state index in [1.165, 1.54) is 23.3 Å². The molecule has 15 heavy (non-hydrogen) atoms. The highest BCUT2D eigenvalue weighted by Crippen LogP contribution is 2.23. The van der Waals surface area contributed by atoms with Gasteiger partial charge in [0.05, 0.1) is 7.05 Å². The standard InChI is InChI=1S/C4H6N2O3S.Al.4ClH/c1-5-2-3-6(4-5)10(7,8)9;;;;;/h2-4H,1H3;;4*1H/q;+3;;;;/p-3. The Balaban J connectivity index is 0.000000336. The molecule has 1 N–H and O–H groups in total. The van der Waals surface area contributed by atoms with Gasteiger partial charge in [0.15, 0.2) is 0 Å². The van der Waals surface area contributed by atoms with Crippen LogP contribution in [0, 0.1) is 0 Å². The number of rotatable bonds is 1. The molecule has 88 valence electrons. The van der Waals surface area contributed by atoms with Crippen LogP contribution < -0.4 is 4.57 Å². The average Bonchev–Trinajstić information content (AvgIpc) is 2.29. The summed E-state index contributed by atoms with van der Waals surface area (Å²) in [6.07, 6.45) is 4.00. The van der Waals surface area contributed by atoms with E-state index in [4.69, 9.17) is 44.7 Å². The van der Waals surface area contributed by atoms with Crippen molar-refractivity contribution < 1.29 is 17.5 Å². The summed E-state index contributed by atoms with van der Waals surface area (Å²) in [4.78, 5) is 0. The second-order valence-corrected chi connectivity index (χ2v) is 16.6. The lowest BCUT2D eigenvalue weighted by molar-refractivity contribution is -0.670. The zero-order valence-corrected chi connectivity index (χ0v) is 12.4. The van der Waals surface area contributed by atoms with Gasteiger partial charge in [-0.05, 0) is 0 Å². The molecule has 0 aliphatic heterocycles. The zero-order chi connectivity index (χ0) is 12.3. The molecule has 0 aliphatic carbocycles. The Bertz CT molecular complexity index is 408. The van der Waals surface area contributed by atoms with E-state index in [1.54, 1.807) is 7.05 Å². The molecule has 0 aromatic carbocycles. The van der Waals surface area contributed by atoms with E-state index in [0.717, 1.165) is 0 Å². The monoisotopic (exact) mass is 330 g/mol. The largest absolute Gasteiger partial charge is 0.564 e. The summed E-state index contributed by atoms with van der Waals surface area (Å²) >= 11 is 0. The van der Waals surface area contributed by atoms with Crippen molar-refractivity contribution >= 4 is 59.9 Å². The van der Waals surface area contributed by atoms with Gasteiger partial charge in [0.1, 0.15) is 12.4 Å². The number of aromatic nitrogens is 2. The molecule has 1 aromatic rings. The number of aryl methyl sites for hydroxylation is 1. The van der Waals surface area contributed by atoms with E-state index < -0.39 is 19.7 Å². The van der Waals surface area contributed by atoms with Crippen LogP contribution in [0.3, 0.4) is 0 Å². The second kappa shape index (κ2) is 5.94. The van der Waals surface area contributed by atoms with Crippen molar-refractivity contribution in [3.63, 3.8) is 0 Å². The molecule has 1 heterocycles. The van der Waals surface area contributed by atoms with Gasteiger partial charge in [0.2, 0.25) is 0 Å². The lowest BCUT2D eigenvalue weighted by atomic mass is 10.9. The molecule has 0 saturated heterocycles. The van der Waals surface area contributed by atoms with Gasteiger partial charge in [-0.2, -0.15) is 8.42 Å². The van der Waals surface area contributed by atoms with E-state index in [-0.39, 0.29) is 0 Å². The maximum atomic E-state index is 10.4. The first-order valence-electron chi connectivity index (χ1n) is 3.38. The second-order valence-electron chi connectivity index (χ2n) is 2.38. The van der Waals surface area contributed by atoms with E-state index in [2.05, 4.69) is 0 Å². The van der Waals surface area contributed by atoms with E-state index >= 15 is 0 Å². The van der Waals surface area contributed by atoms with Gasteiger partial charge in [0.25, 0.3) is 6.33 Å². The normalized spacial score (nSPS) is 11.9. The number of halogens is 4. The molecule has 5 nitrogen and oxygen atoms in total. The van der Waals surface area contributed by atoms with Crippen LogP contribution in [0.1, 0.15) is 0 Å². The smallest absolute Gasteiger partial charge is 0.391 e. The van der Waals surface area contributed by atoms with Crippen LogP contribution in [0.5, 0.6) is 0 Å². The minimum Gasteiger partial charge on any atom is -0.391 e. The fourth-order valence-corrected chi connectivity index (χ4v) is 1.04. The molecule has 0 atom stereocenters. The van der Waals surface area contributed by atoms with Crippen LogP contribution >= 0.6 is 40.2 Å². The fourth-order valence-electron chi connectivity index (χ4n) is 0.564. The van der Waals surface area contributed by atoms with Crippen molar-refractivity contribution in [1.82, 2.24) is 3.97 Å². The van der Waals surface area contributed by atoms with Crippen LogP contribution in [-0.4, -0.2) is 26.3 Å². The quantitative estimate of drug-likeness (QED) is 0.480. The molecule has 0 saturated carbocycles. The molecule has 11 heteroatoms. The predicted octanol–water partition coefficient (Wildman–Crippen LogP) is 1.34. The highest BCUT2D eigenvalue weighted by Gasteiger charge is 2.15. The predicted molar refractivity (Wildman–Crippen MR) is 61.7 cm³/mol. The summed E-state index contributed by atoms with van der Waals surface area (Å²) in [5.41, 5.74) is 0. The van der Waals surface area contributed by atoms with Crippen molar-refractivity contribution in [1.29, 1.82) is 0 Å². The molecule has 0 fully saturated rings. The lowest BCUT2D eigenvalue weighted by Crippen LogP contribution is -2.24. The average molecular weight is 332 g/mol. The number of hydrogen-bond donors (Lipinski definition) is 1. The molecule has 1 rings (SSSR count). The molecular formula is C4H7AlCl4N2O3S. The van der Waals surface area contributed by atoms with Gasteiger partial charge in [-0.25, -0.2) is 4.57 Å². The molecule has 0 amide bonds. The molecule has 0 bridgehead atoms. The Labute approximate surface area is 106 Å². The molecule has 0 unspecified atom stereocenters. The Morgan fingerprint density at radius 2 is 1.73 bits per heavy atom. The third-order valence-electron chi connectivity index (χ3n) is 1.01. The topological polar surface area (TPSA) is 63.2 Å². The third kappa shape index (κ3) is 9.73. The van der Waals surface area contributed by atoms with Crippen molar-refractivity contribution in [2.24, 2.45) is 7.05 Å². The number of hydrogen-bond acceptors (Lipinski definition) is 2. The van der Waals surface area contributed by atoms with Gasteiger partial charge >= 0.3 is 19.7 Å². The van der Waals surface area contributed by atoms with Gasteiger partial charge in [-0.15, -0.1) is 3.97 Å². The first-order chi connectivity index (χ1) is 6.50. The Hall–Kier alpha value is 0.812. The summed E-state index contributed by atoms with van der Waals surface area (Å²) in [6.45, 7) is 0. The highest BCUT2D eigenvalue weighted by molar-refractivity contribution is 7.84. The fraction of sp³-hybridized carbons (Fsp3) is 0.250. The number of nitrogens with zero attached hydrogens (tertiary/aromatic N) is 2. The number of imidazole rings is 1. The first-order valence-corrected chi connectivity index (χ1v) is 11.8. The summed E-state index contributed by atoms with van der Waals surface area (Å²) < 4.78 is 31.3. The molecular weight excluding hydrogens is 325 g/mol. The van der Waals surface area contributed by atoms with Crippen LogP contribution in [0.15, 0.2) is 18.7 Å². The van der Waals surface area contributed by atoms with Gasteiger partial charge < -0.3 is 40.2 Å². The van der Waals surface area contributed by atoms with Gasteiger partial charge in [-0.1, -0.05) is 0 Å². The van der Waals surface area contributed by atoms with Gasteiger partial charge in [-0.3, -0.25) is 4.55 Å². The summed E-state index contributed by atoms with van der Waals surface area (Å²) in [5.74, 6) is 0. The minimum absolute atomic E-state index is 0.715. The lowest BCUT2D eigenvalue weighted by Gasteiger charge is -1.97. The van der Waals surface area contributed by atoms with Crippen molar-refractivity contribution in [2.45, 2.75) is 0 Å². The Kier molecular flexibility index (Phi) is 6.26. The van der Waals surface area contributed by atoms with Crippen molar-refractivity contribution in [3.05, 3.63) is 18.7 Å². The molecule has 0 spiro atoms. The van der Waals surface area contributed by atoms with Crippen LogP contribution in [0.4, 0.5) is 0 Å². The maximum Gasteiger partial charge on any atom is 0.564 e. The molecule has 0 aliphatic rings. The Morgan fingerprint density at radius 3 is 1.87 bits per heavy atom. The van der Waals surface area contributed by atoms with Gasteiger partial charge in [0, 0.05) is 0 Å². The maximum absolute atomic E-state index is 10.4. The summed E-state index contributed by atoms with van der Waals surface area (Å²) in [6, 6.07) is 0. The minimum atomic E-state index is -4.09. The van der Waals surface area contributed by atoms with Crippen LogP contribution in [0.2, 0.25) is 0 Å². The SMILES string of the molecule is C[n+]1ccn(S(=O)(=O)O)c1.[Cl][Al-]([Cl])([Cl])[Cl]. The summed E-state index contributed by atoms with van der Waals surface area (Å²) in [7, 11) is 14.6. The Morgan fingerprint density at radius 1 is 1.33 bits per heavy atom. The molecule has 0 radical (unpaired) electrons. The third-order valence-corrected chi connectivity index (χ3v) is 1.76. The van der Waals surface area contributed by atoms with E-state index in [1.807, 2.05) is 0 Å². The summed E-state index contributed by atoms with van der Waals surface area (Å²) in [5, 5.41) is 0. The zero-order valence-electron chi connectivity index (χ0n) is 7.39. The van der Waals surface area contributed by atoms with Crippen molar-refractivity contribution in [3.8, 4) is 0 Å². The van der Waals surface area contributed by atoms with Crippen LogP contribution in [-0.2, 0) is 17.4 Å². The molecule has 1 aromatic heterocycles. The van der Waals surface area contributed by atoms with Crippen LogP contribution in [0.25, 0.3) is 0 Å². The van der Waals surface area contributed by atoms with E-state index in [0.29, 0.717) is 3.97 Å². The van der Waals surface area contributed by atoms with Crippen molar-refractivity contribution in [2.75, 3.05) is 0 Å².